The lowest BCUT2D eigenvalue weighted by Crippen LogP contribution is -2.22. The fourth-order valence-electron chi connectivity index (χ4n) is 2.43. The van der Waals surface area contributed by atoms with Crippen molar-refractivity contribution in [1.82, 2.24) is 5.32 Å². The van der Waals surface area contributed by atoms with Crippen LogP contribution in [0.4, 0.5) is 0 Å². The van der Waals surface area contributed by atoms with Crippen LogP contribution in [0.15, 0.2) is 48.5 Å². The van der Waals surface area contributed by atoms with Gasteiger partial charge >= 0.3 is 0 Å². The minimum atomic E-state index is 0.222. The Hall–Kier alpha value is -2.00. The van der Waals surface area contributed by atoms with Crippen molar-refractivity contribution in [3.8, 4) is 11.5 Å². The highest BCUT2D eigenvalue weighted by molar-refractivity contribution is 5.43. The predicted octanol–water partition coefficient (Wildman–Crippen LogP) is 4.12. The van der Waals surface area contributed by atoms with E-state index in [1.165, 1.54) is 11.1 Å². The van der Waals surface area contributed by atoms with Crippen LogP contribution in [-0.4, -0.2) is 14.2 Å². The predicted molar refractivity (Wildman–Crippen MR) is 86.0 cm³/mol. The maximum absolute atomic E-state index is 5.36. The molecule has 0 saturated heterocycles. The quantitative estimate of drug-likeness (QED) is 0.866. The number of hydrogen-bond donors (Lipinski definition) is 1. The van der Waals surface area contributed by atoms with Gasteiger partial charge in [0.2, 0.25) is 0 Å². The van der Waals surface area contributed by atoms with E-state index in [9.17, 15) is 0 Å². The van der Waals surface area contributed by atoms with Crippen LogP contribution >= 0.6 is 0 Å². The monoisotopic (exact) mass is 285 g/mol. The van der Waals surface area contributed by atoms with Gasteiger partial charge in [-0.2, -0.15) is 0 Å². The van der Waals surface area contributed by atoms with Crippen LogP contribution in [0.1, 0.15) is 37.1 Å². The summed E-state index contributed by atoms with van der Waals surface area (Å²) in [5.74, 6) is 1.51. The van der Waals surface area contributed by atoms with E-state index >= 15 is 0 Å². The van der Waals surface area contributed by atoms with Gasteiger partial charge < -0.3 is 14.8 Å². The van der Waals surface area contributed by atoms with Gasteiger partial charge in [0.05, 0.1) is 14.2 Å². The number of hydrogen-bond acceptors (Lipinski definition) is 3. The molecule has 0 amide bonds. The maximum Gasteiger partial charge on any atom is 0.161 e. The van der Waals surface area contributed by atoms with Gasteiger partial charge in [0.1, 0.15) is 0 Å². The fraction of sp³-hybridized carbons (Fsp3) is 0.333. The molecule has 2 atom stereocenters. The summed E-state index contributed by atoms with van der Waals surface area (Å²) < 4.78 is 10.6. The van der Waals surface area contributed by atoms with E-state index in [2.05, 4.69) is 49.5 Å². The third kappa shape index (κ3) is 3.76. The Morgan fingerprint density at radius 1 is 0.762 bits per heavy atom. The van der Waals surface area contributed by atoms with Crippen molar-refractivity contribution in [2.24, 2.45) is 0 Å². The molecule has 1 unspecified atom stereocenters. The lowest BCUT2D eigenvalue weighted by Gasteiger charge is -2.21. The van der Waals surface area contributed by atoms with Crippen LogP contribution in [-0.2, 0) is 0 Å². The summed E-state index contributed by atoms with van der Waals surface area (Å²) in [6.07, 6.45) is 0. The van der Waals surface area contributed by atoms with Crippen LogP contribution in [0, 0.1) is 0 Å². The summed E-state index contributed by atoms with van der Waals surface area (Å²) in [5.41, 5.74) is 2.46. The molecular formula is C18H23NO2. The van der Waals surface area contributed by atoms with Crippen LogP contribution in [0.25, 0.3) is 0 Å². The second-order valence-electron chi connectivity index (χ2n) is 5.14. The van der Waals surface area contributed by atoms with Gasteiger partial charge in [-0.25, -0.2) is 0 Å². The molecule has 3 heteroatoms. The Kier molecular flexibility index (Phi) is 5.23. The number of methoxy groups -OCH3 is 2. The van der Waals surface area contributed by atoms with Crippen molar-refractivity contribution >= 4 is 0 Å². The van der Waals surface area contributed by atoms with Crippen molar-refractivity contribution in [3.05, 3.63) is 59.7 Å². The Morgan fingerprint density at radius 2 is 1.38 bits per heavy atom. The Labute approximate surface area is 126 Å². The molecule has 0 spiro atoms. The average molecular weight is 285 g/mol. The van der Waals surface area contributed by atoms with E-state index in [-0.39, 0.29) is 12.1 Å². The summed E-state index contributed by atoms with van der Waals surface area (Å²) in [4.78, 5) is 0. The minimum absolute atomic E-state index is 0.222. The first-order valence-electron chi connectivity index (χ1n) is 7.18. The van der Waals surface area contributed by atoms with E-state index < -0.39 is 0 Å². The molecule has 0 bridgehead atoms. The highest BCUT2D eigenvalue weighted by Crippen LogP contribution is 2.30. The topological polar surface area (TPSA) is 30.5 Å². The van der Waals surface area contributed by atoms with Crippen molar-refractivity contribution in [1.29, 1.82) is 0 Å². The molecule has 1 N–H and O–H groups in total. The third-order valence-corrected chi connectivity index (χ3v) is 3.71. The molecule has 0 aliphatic rings. The Morgan fingerprint density at radius 3 is 2.00 bits per heavy atom. The molecule has 0 aliphatic carbocycles. The van der Waals surface area contributed by atoms with Crippen molar-refractivity contribution in [3.63, 3.8) is 0 Å². The van der Waals surface area contributed by atoms with Gasteiger partial charge in [-0.15, -0.1) is 0 Å². The van der Waals surface area contributed by atoms with Crippen LogP contribution in [0.5, 0.6) is 11.5 Å². The molecule has 0 saturated carbocycles. The summed E-state index contributed by atoms with van der Waals surface area (Å²) in [6, 6.07) is 17.0. The van der Waals surface area contributed by atoms with Crippen LogP contribution in [0.2, 0.25) is 0 Å². The smallest absolute Gasteiger partial charge is 0.161 e. The highest BCUT2D eigenvalue weighted by atomic mass is 16.5. The van der Waals surface area contributed by atoms with E-state index in [1.807, 2.05) is 18.2 Å². The molecule has 2 rings (SSSR count). The maximum atomic E-state index is 5.36. The van der Waals surface area contributed by atoms with Crippen molar-refractivity contribution in [2.75, 3.05) is 14.2 Å². The van der Waals surface area contributed by atoms with Crippen molar-refractivity contribution < 1.29 is 9.47 Å². The second kappa shape index (κ2) is 7.14. The van der Waals surface area contributed by atoms with E-state index in [0.717, 1.165) is 11.5 Å². The average Bonchev–Trinajstić information content (AvgIpc) is 2.54. The molecular weight excluding hydrogens is 262 g/mol. The Bertz CT molecular complexity index is 569. The first kappa shape index (κ1) is 15.4. The molecule has 0 aromatic heterocycles. The van der Waals surface area contributed by atoms with E-state index in [0.29, 0.717) is 0 Å². The zero-order valence-electron chi connectivity index (χ0n) is 13.1. The SMILES string of the molecule is COc1ccc(C(C)N[C@@H](C)c2ccccc2)cc1OC. The zero-order chi connectivity index (χ0) is 15.2. The third-order valence-electron chi connectivity index (χ3n) is 3.71. The van der Waals surface area contributed by atoms with Gasteiger partial charge in [-0.3, -0.25) is 0 Å². The van der Waals surface area contributed by atoms with E-state index in [4.69, 9.17) is 9.47 Å². The molecule has 0 aliphatic heterocycles. The fourth-order valence-corrected chi connectivity index (χ4v) is 2.43. The van der Waals surface area contributed by atoms with Gasteiger partial charge in [0.25, 0.3) is 0 Å². The largest absolute Gasteiger partial charge is 0.493 e. The first-order chi connectivity index (χ1) is 10.2. The number of benzene rings is 2. The number of ether oxygens (including phenoxy) is 2. The molecule has 2 aromatic carbocycles. The summed E-state index contributed by atoms with van der Waals surface area (Å²) in [5, 5.41) is 3.60. The van der Waals surface area contributed by atoms with Gasteiger partial charge in [-0.05, 0) is 37.1 Å². The molecule has 2 aromatic rings. The summed E-state index contributed by atoms with van der Waals surface area (Å²) >= 11 is 0. The number of nitrogens with one attached hydrogen (secondary N) is 1. The molecule has 0 radical (unpaired) electrons. The lowest BCUT2D eigenvalue weighted by molar-refractivity contribution is 0.353. The zero-order valence-corrected chi connectivity index (χ0v) is 13.1. The summed E-state index contributed by atoms with van der Waals surface area (Å²) in [6.45, 7) is 4.33. The Balaban J connectivity index is 2.11. The molecule has 0 heterocycles. The highest BCUT2D eigenvalue weighted by Gasteiger charge is 2.13. The van der Waals surface area contributed by atoms with Gasteiger partial charge in [-0.1, -0.05) is 36.4 Å². The van der Waals surface area contributed by atoms with Gasteiger partial charge in [0, 0.05) is 12.1 Å². The molecule has 112 valence electrons. The molecule has 21 heavy (non-hydrogen) atoms. The lowest BCUT2D eigenvalue weighted by atomic mass is 10.0. The number of rotatable bonds is 6. The van der Waals surface area contributed by atoms with Crippen LogP contribution in [0.3, 0.4) is 0 Å². The minimum Gasteiger partial charge on any atom is -0.493 e. The first-order valence-corrected chi connectivity index (χ1v) is 7.18. The normalized spacial score (nSPS) is 13.5. The van der Waals surface area contributed by atoms with Crippen molar-refractivity contribution in [2.45, 2.75) is 25.9 Å². The van der Waals surface area contributed by atoms with Crippen LogP contribution < -0.4 is 14.8 Å². The van der Waals surface area contributed by atoms with Gasteiger partial charge in [0.15, 0.2) is 11.5 Å². The second-order valence-corrected chi connectivity index (χ2v) is 5.14. The standard InChI is InChI=1S/C18H23NO2/c1-13(15-8-6-5-7-9-15)19-14(2)16-10-11-17(20-3)18(12-16)21-4/h5-14,19H,1-4H3/t13-,14?/m0/s1. The molecule has 3 nitrogen and oxygen atoms in total. The van der Waals surface area contributed by atoms with E-state index in [1.54, 1.807) is 14.2 Å². The summed E-state index contributed by atoms with van der Waals surface area (Å²) in [7, 11) is 3.31. The molecule has 0 fully saturated rings.